The summed E-state index contributed by atoms with van der Waals surface area (Å²) in [6, 6.07) is 2.38. The summed E-state index contributed by atoms with van der Waals surface area (Å²) in [5.74, 6) is -1.18. The Morgan fingerprint density at radius 3 is 2.78 bits per heavy atom. The lowest BCUT2D eigenvalue weighted by Crippen LogP contribution is -2.46. The Morgan fingerprint density at radius 2 is 2.26 bits per heavy atom. The Balaban J connectivity index is 2.00. The molecule has 3 heterocycles. The fraction of sp³-hybridized carbons (Fsp3) is 0.375. The Morgan fingerprint density at radius 1 is 1.52 bits per heavy atom. The number of pyridine rings is 1. The molecular formula is C16H14F3N5O2S. The number of aromatic nitrogens is 2. The normalized spacial score (nSPS) is 16.6. The van der Waals surface area contributed by atoms with E-state index in [1.807, 2.05) is 6.92 Å². The number of rotatable bonds is 5. The van der Waals surface area contributed by atoms with Crippen LogP contribution < -0.4 is 10.2 Å². The zero-order valence-corrected chi connectivity index (χ0v) is 14.9. The molecular weight excluding hydrogens is 383 g/mol. The van der Waals surface area contributed by atoms with Gasteiger partial charge in [0.05, 0.1) is 17.7 Å². The van der Waals surface area contributed by atoms with E-state index in [0.29, 0.717) is 6.54 Å². The highest BCUT2D eigenvalue weighted by atomic mass is 32.1. The Hall–Kier alpha value is -2.87. The van der Waals surface area contributed by atoms with Crippen LogP contribution in [0.4, 0.5) is 29.9 Å². The molecule has 1 saturated heterocycles. The summed E-state index contributed by atoms with van der Waals surface area (Å²) >= 11 is 1.06. The molecule has 0 radical (unpaired) electrons. The maximum Gasteiger partial charge on any atom is 0.417 e. The second-order valence-corrected chi connectivity index (χ2v) is 6.89. The smallest absolute Gasteiger partial charge is 0.417 e. The van der Waals surface area contributed by atoms with Gasteiger partial charge in [-0.1, -0.05) is 0 Å². The number of thiazole rings is 1. The maximum atomic E-state index is 13.5. The van der Waals surface area contributed by atoms with Crippen molar-refractivity contribution < 1.29 is 23.1 Å². The largest absolute Gasteiger partial charge is 0.481 e. The summed E-state index contributed by atoms with van der Waals surface area (Å²) in [5, 5.41) is 22.5. The van der Waals surface area contributed by atoms with Crippen LogP contribution in [0.3, 0.4) is 0 Å². The molecule has 0 saturated carbocycles. The van der Waals surface area contributed by atoms with Crippen molar-refractivity contribution in [3.05, 3.63) is 28.3 Å². The number of aliphatic carboxylic acids is 1. The van der Waals surface area contributed by atoms with Gasteiger partial charge >= 0.3 is 12.1 Å². The molecule has 0 aliphatic carbocycles. The Labute approximate surface area is 156 Å². The van der Waals surface area contributed by atoms with E-state index in [-0.39, 0.29) is 34.9 Å². The van der Waals surface area contributed by atoms with Gasteiger partial charge in [0.25, 0.3) is 0 Å². The first kappa shape index (κ1) is 18.9. The van der Waals surface area contributed by atoms with Crippen molar-refractivity contribution in [3.63, 3.8) is 0 Å². The van der Waals surface area contributed by atoms with Gasteiger partial charge in [0.2, 0.25) is 0 Å². The van der Waals surface area contributed by atoms with Crippen LogP contribution in [0.1, 0.15) is 30.2 Å². The van der Waals surface area contributed by atoms with Crippen LogP contribution in [0.2, 0.25) is 0 Å². The number of hydrogen-bond acceptors (Lipinski definition) is 7. The van der Waals surface area contributed by atoms with Crippen LogP contribution in [0.25, 0.3) is 0 Å². The first-order valence-corrected chi connectivity index (χ1v) is 8.79. The molecule has 2 N–H and O–H groups in total. The predicted octanol–water partition coefficient (Wildman–Crippen LogP) is 3.40. The standard InChI is InChI=1S/C16H14F3N5O2S/c1-8-2-3-24(8)14-10(6-20)11(16(17,18)19)5-12(22-14)23-15-21-9(7-27-15)4-13(25)26/h5,7-8H,2-4H2,1H3,(H,25,26)(H,21,22,23)/t8-/m0/s1. The van der Waals surface area contributed by atoms with Crippen molar-refractivity contribution in [2.45, 2.75) is 32.0 Å². The average Bonchev–Trinajstić information content (AvgIpc) is 2.98. The Kier molecular flexibility index (Phi) is 4.93. The molecule has 0 aromatic carbocycles. The van der Waals surface area contributed by atoms with E-state index in [1.54, 1.807) is 11.0 Å². The van der Waals surface area contributed by atoms with Gasteiger partial charge in [0, 0.05) is 18.0 Å². The molecule has 3 rings (SSSR count). The number of nitrogens with zero attached hydrogens (tertiary/aromatic N) is 4. The van der Waals surface area contributed by atoms with E-state index >= 15 is 0 Å². The number of carbonyl (C=O) groups is 1. The lowest BCUT2D eigenvalue weighted by atomic mass is 10.0. The van der Waals surface area contributed by atoms with E-state index in [4.69, 9.17) is 5.11 Å². The van der Waals surface area contributed by atoms with E-state index in [1.165, 1.54) is 5.38 Å². The second kappa shape index (κ2) is 7.03. The third-order valence-electron chi connectivity index (χ3n) is 4.13. The summed E-state index contributed by atoms with van der Waals surface area (Å²) in [5.41, 5.74) is -1.29. The van der Waals surface area contributed by atoms with Gasteiger partial charge < -0.3 is 15.3 Å². The maximum absolute atomic E-state index is 13.5. The zero-order valence-electron chi connectivity index (χ0n) is 14.0. The minimum Gasteiger partial charge on any atom is -0.481 e. The summed E-state index contributed by atoms with van der Waals surface area (Å²) in [7, 11) is 0. The molecule has 0 unspecified atom stereocenters. The summed E-state index contributed by atoms with van der Waals surface area (Å²) in [6.45, 7) is 2.36. The molecule has 0 amide bonds. The van der Waals surface area contributed by atoms with Crippen LogP contribution in [-0.4, -0.2) is 33.6 Å². The fourth-order valence-electron chi connectivity index (χ4n) is 2.68. The first-order valence-electron chi connectivity index (χ1n) is 7.91. The van der Waals surface area contributed by atoms with Gasteiger partial charge in [-0.2, -0.15) is 18.4 Å². The van der Waals surface area contributed by atoms with Crippen molar-refractivity contribution in [2.75, 3.05) is 16.8 Å². The van der Waals surface area contributed by atoms with Crippen molar-refractivity contribution in [3.8, 4) is 6.07 Å². The number of carboxylic acids is 1. The molecule has 7 nitrogen and oxygen atoms in total. The van der Waals surface area contributed by atoms with E-state index in [9.17, 15) is 23.2 Å². The number of halogens is 3. The highest BCUT2D eigenvalue weighted by Gasteiger charge is 2.38. The van der Waals surface area contributed by atoms with E-state index in [0.717, 1.165) is 23.8 Å². The van der Waals surface area contributed by atoms with Crippen LogP contribution in [0, 0.1) is 11.3 Å². The molecule has 1 fully saturated rings. The highest BCUT2D eigenvalue weighted by molar-refractivity contribution is 7.13. The van der Waals surface area contributed by atoms with Crippen molar-refractivity contribution >= 4 is 34.1 Å². The van der Waals surface area contributed by atoms with Crippen molar-refractivity contribution in [2.24, 2.45) is 0 Å². The minimum atomic E-state index is -4.72. The van der Waals surface area contributed by atoms with Crippen LogP contribution in [0.5, 0.6) is 0 Å². The third kappa shape index (κ3) is 3.95. The number of alkyl halides is 3. The molecule has 1 aliphatic rings. The number of anilines is 3. The molecule has 11 heteroatoms. The molecule has 0 bridgehead atoms. The molecule has 1 atom stereocenters. The minimum absolute atomic E-state index is 0.0111. The van der Waals surface area contributed by atoms with Gasteiger partial charge in [0.15, 0.2) is 5.13 Å². The van der Waals surface area contributed by atoms with Gasteiger partial charge in [-0.3, -0.25) is 4.79 Å². The quantitative estimate of drug-likeness (QED) is 0.797. The zero-order chi connectivity index (χ0) is 19.8. The van der Waals surface area contributed by atoms with Crippen LogP contribution in [0.15, 0.2) is 11.4 Å². The molecule has 2 aromatic rings. The fourth-order valence-corrected chi connectivity index (χ4v) is 3.40. The first-order chi connectivity index (χ1) is 12.7. The molecule has 0 spiro atoms. The van der Waals surface area contributed by atoms with Crippen LogP contribution >= 0.6 is 11.3 Å². The summed E-state index contributed by atoms with van der Waals surface area (Å²) in [4.78, 5) is 20.6. The molecule has 27 heavy (non-hydrogen) atoms. The van der Waals surface area contributed by atoms with Crippen LogP contribution in [-0.2, 0) is 17.4 Å². The van der Waals surface area contributed by atoms with Gasteiger partial charge in [-0.25, -0.2) is 9.97 Å². The lowest BCUT2D eigenvalue weighted by molar-refractivity contribution is -0.138. The Bertz CT molecular complexity index is 922. The number of hydrogen-bond donors (Lipinski definition) is 2. The van der Waals surface area contributed by atoms with Gasteiger partial charge in [-0.15, -0.1) is 11.3 Å². The second-order valence-electron chi connectivity index (χ2n) is 6.03. The summed E-state index contributed by atoms with van der Waals surface area (Å²) in [6.07, 6.45) is -4.20. The SMILES string of the molecule is C[C@H]1CCN1c1nc(Nc2nc(CC(=O)O)cs2)cc(C(F)(F)F)c1C#N. The lowest BCUT2D eigenvalue weighted by Gasteiger charge is -2.40. The molecule has 2 aromatic heterocycles. The topological polar surface area (TPSA) is 102 Å². The van der Waals surface area contributed by atoms with E-state index in [2.05, 4.69) is 15.3 Å². The van der Waals surface area contributed by atoms with Gasteiger partial charge in [0.1, 0.15) is 23.3 Å². The monoisotopic (exact) mass is 397 g/mol. The third-order valence-corrected chi connectivity index (χ3v) is 4.94. The van der Waals surface area contributed by atoms with Gasteiger partial charge in [-0.05, 0) is 19.4 Å². The van der Waals surface area contributed by atoms with Crippen molar-refractivity contribution in [1.82, 2.24) is 9.97 Å². The van der Waals surface area contributed by atoms with Crippen molar-refractivity contribution in [1.29, 1.82) is 5.26 Å². The highest BCUT2D eigenvalue weighted by Crippen LogP contribution is 2.39. The molecule has 1 aliphatic heterocycles. The average molecular weight is 397 g/mol. The number of nitriles is 1. The van der Waals surface area contributed by atoms with E-state index < -0.39 is 23.3 Å². The predicted molar refractivity (Wildman–Crippen MR) is 92.1 cm³/mol. The summed E-state index contributed by atoms with van der Waals surface area (Å²) < 4.78 is 40.4. The number of carboxylic acid groups (broad SMARTS) is 1. The number of nitrogens with one attached hydrogen (secondary N) is 1. The molecule has 142 valence electrons.